The van der Waals surface area contributed by atoms with Gasteiger partial charge in [0.05, 0.1) is 49.0 Å². The number of carbonyl (C=O) groups excluding carboxylic acids is 1. The van der Waals surface area contributed by atoms with Crippen LogP contribution in [0.2, 0.25) is 0 Å². The van der Waals surface area contributed by atoms with E-state index in [0.717, 1.165) is 54.2 Å². The summed E-state index contributed by atoms with van der Waals surface area (Å²) in [5, 5.41) is 9.31. The number of hydrogen-bond acceptors (Lipinski definition) is 7. The minimum atomic E-state index is -0.858. The van der Waals surface area contributed by atoms with Crippen molar-refractivity contribution < 1.29 is 18.3 Å². The Kier molecular flexibility index (Phi) is 9.55. The third-order valence-corrected chi connectivity index (χ3v) is 10.6. The van der Waals surface area contributed by atoms with E-state index in [9.17, 15) is 13.6 Å². The van der Waals surface area contributed by atoms with E-state index < -0.39 is 23.2 Å². The van der Waals surface area contributed by atoms with Gasteiger partial charge in [0.15, 0.2) is 0 Å². The monoisotopic (exact) mass is 715 g/mol. The maximum absolute atomic E-state index is 14.3. The van der Waals surface area contributed by atoms with Gasteiger partial charge in [-0.25, -0.2) is 23.7 Å². The summed E-state index contributed by atoms with van der Waals surface area (Å²) in [6.45, 7) is 4.40. The molecule has 2 fully saturated rings. The van der Waals surface area contributed by atoms with Crippen molar-refractivity contribution in [2.45, 2.75) is 38.1 Å². The van der Waals surface area contributed by atoms with E-state index in [1.165, 1.54) is 43.9 Å². The molecule has 0 atom stereocenters. The molecule has 53 heavy (non-hydrogen) atoms. The zero-order valence-electron chi connectivity index (χ0n) is 29.5. The lowest BCUT2D eigenvalue weighted by molar-refractivity contribution is 0.102. The molecular formula is C41H41F2N8O2+. The number of rotatable bonds is 9. The van der Waals surface area contributed by atoms with Gasteiger partial charge in [-0.15, -0.1) is 0 Å². The number of aromatic nitrogens is 4. The number of imidazole rings is 1. The molecule has 0 radical (unpaired) electrons. The number of piperidine rings is 2. The van der Waals surface area contributed by atoms with E-state index in [4.69, 9.17) is 14.7 Å². The first-order valence-electron chi connectivity index (χ1n) is 18.1. The van der Waals surface area contributed by atoms with Gasteiger partial charge in [-0.2, -0.15) is 0 Å². The van der Waals surface area contributed by atoms with E-state index in [1.807, 2.05) is 40.9 Å². The number of ether oxygens (including phenoxy) is 1. The number of hydrogen-bond donors (Lipinski definition) is 3. The van der Waals surface area contributed by atoms with E-state index in [1.54, 1.807) is 31.5 Å². The van der Waals surface area contributed by atoms with Crippen LogP contribution in [0.3, 0.4) is 0 Å². The van der Waals surface area contributed by atoms with Crippen LogP contribution in [0.25, 0.3) is 28.3 Å². The summed E-state index contributed by atoms with van der Waals surface area (Å²) < 4.78 is 37.6. The zero-order valence-corrected chi connectivity index (χ0v) is 29.5. The Hall–Kier alpha value is -5.72. The molecule has 270 valence electrons. The third-order valence-electron chi connectivity index (χ3n) is 10.6. The molecule has 2 aliphatic rings. The molecule has 0 saturated carbocycles. The fourth-order valence-corrected chi connectivity index (χ4v) is 8.00. The number of pyridine rings is 1. The van der Waals surface area contributed by atoms with Crippen molar-refractivity contribution in [3.05, 3.63) is 115 Å². The first-order valence-corrected chi connectivity index (χ1v) is 18.1. The highest BCUT2D eigenvalue weighted by Crippen LogP contribution is 2.40. The van der Waals surface area contributed by atoms with Crippen LogP contribution < -0.4 is 25.2 Å². The second-order valence-electron chi connectivity index (χ2n) is 13.7. The highest BCUT2D eigenvalue weighted by molar-refractivity contribution is 6.05. The molecule has 8 rings (SSSR count). The molecule has 0 unspecified atom stereocenters. The lowest BCUT2D eigenvalue weighted by Gasteiger charge is -2.48. The number of likely N-dealkylation sites (tertiary alicyclic amines) is 1. The first kappa shape index (κ1) is 34.4. The van der Waals surface area contributed by atoms with Gasteiger partial charge in [0.2, 0.25) is 5.95 Å². The Labute approximate surface area is 306 Å². The van der Waals surface area contributed by atoms with E-state index in [0.29, 0.717) is 40.3 Å². The number of methoxy groups -OCH3 is 1. The summed E-state index contributed by atoms with van der Waals surface area (Å²) in [4.78, 5) is 27.6. The Morgan fingerprint density at radius 3 is 2.49 bits per heavy atom. The number of nitrogens with one attached hydrogen (secondary N) is 3. The summed E-state index contributed by atoms with van der Waals surface area (Å²) >= 11 is 0. The van der Waals surface area contributed by atoms with Crippen molar-refractivity contribution in [2.24, 2.45) is 0 Å². The highest BCUT2D eigenvalue weighted by Gasteiger charge is 2.41. The van der Waals surface area contributed by atoms with Gasteiger partial charge in [-0.1, -0.05) is 24.3 Å². The molecule has 6 aromatic rings. The smallest absolute Gasteiger partial charge is 0.255 e. The Balaban J connectivity index is 1.12. The Morgan fingerprint density at radius 1 is 0.906 bits per heavy atom. The number of fused-ring (bicyclic) bond motifs is 1. The summed E-state index contributed by atoms with van der Waals surface area (Å²) in [6, 6.07) is 24.8. The number of anilines is 3. The molecule has 3 aromatic carbocycles. The van der Waals surface area contributed by atoms with E-state index in [-0.39, 0.29) is 5.56 Å². The molecule has 0 bridgehead atoms. The first-order chi connectivity index (χ1) is 25.9. The topological polar surface area (TPSA) is 105 Å². The van der Waals surface area contributed by atoms with Crippen molar-refractivity contribution in [2.75, 3.05) is 43.9 Å². The minimum absolute atomic E-state index is 0.211. The molecule has 2 saturated heterocycles. The average molecular weight is 716 g/mol. The van der Waals surface area contributed by atoms with Crippen LogP contribution in [-0.2, 0) is 0 Å². The zero-order chi connectivity index (χ0) is 36.4. The van der Waals surface area contributed by atoms with Crippen LogP contribution in [0.15, 0.2) is 97.3 Å². The second kappa shape index (κ2) is 14.7. The van der Waals surface area contributed by atoms with Crippen molar-refractivity contribution in [3.63, 3.8) is 0 Å². The number of halogens is 2. The second-order valence-corrected chi connectivity index (χ2v) is 13.7. The van der Waals surface area contributed by atoms with Crippen LogP contribution in [-0.4, -0.2) is 64.6 Å². The van der Waals surface area contributed by atoms with E-state index in [2.05, 4.69) is 39.1 Å². The summed E-state index contributed by atoms with van der Waals surface area (Å²) in [7, 11) is 1.69. The predicted octanol–water partition coefficient (Wildman–Crippen LogP) is 7.98. The fourth-order valence-electron chi connectivity index (χ4n) is 8.00. The number of quaternary nitrogens is 1. The molecular weight excluding hydrogens is 675 g/mol. The highest BCUT2D eigenvalue weighted by atomic mass is 19.1. The molecule has 12 heteroatoms. The van der Waals surface area contributed by atoms with Gasteiger partial charge in [-0.05, 0) is 67.8 Å². The van der Waals surface area contributed by atoms with Gasteiger partial charge in [0.1, 0.15) is 34.4 Å². The standard InChI is InChI=1S/C41H40F2N8O2/c1-53-35-26-30(51(23-5-2-6-24-51)29-16-19-44-20-17-29)14-15-33(35)46-41-45-21-18-34(47-41)39-37(48-36-13-3-4-22-50(36)39)27-9-7-10-28(25-27)40(52)49-38-31(42)11-8-12-32(38)43/h3-4,7-15,18,21-22,25-26,29,44H,2,5-6,16-17,19-20,23-24H2,1H3,(H-,45,46,47,49,52)/p+1. The van der Waals surface area contributed by atoms with Gasteiger partial charge in [0.25, 0.3) is 5.91 Å². The Morgan fingerprint density at radius 2 is 1.70 bits per heavy atom. The molecule has 3 aromatic heterocycles. The lowest BCUT2D eigenvalue weighted by Crippen LogP contribution is -2.62. The van der Waals surface area contributed by atoms with Crippen LogP contribution in [0, 0.1) is 11.6 Å². The predicted molar refractivity (Wildman–Crippen MR) is 204 cm³/mol. The molecule has 0 spiro atoms. The molecule has 1 amide bonds. The maximum atomic E-state index is 14.3. The van der Waals surface area contributed by atoms with Crippen LogP contribution in [0.1, 0.15) is 42.5 Å². The molecule has 2 aliphatic heterocycles. The average Bonchev–Trinajstić information content (AvgIpc) is 3.60. The number of nitrogens with zero attached hydrogens (tertiary/aromatic N) is 5. The van der Waals surface area contributed by atoms with E-state index >= 15 is 0 Å². The number of carbonyl (C=O) groups is 1. The van der Waals surface area contributed by atoms with Gasteiger partial charge >= 0.3 is 0 Å². The number of benzene rings is 3. The molecule has 5 heterocycles. The Bertz CT molecular complexity index is 2260. The van der Waals surface area contributed by atoms with Gasteiger partial charge in [-0.3, -0.25) is 13.7 Å². The SMILES string of the molecule is COc1cc([N+]2(C3CCNCC3)CCCCC2)ccc1Nc1nccc(-c2c(-c3cccc(C(=O)Nc4c(F)cccc4F)c3)nc3ccccn23)n1. The summed E-state index contributed by atoms with van der Waals surface area (Å²) in [6.07, 6.45) is 9.65. The van der Waals surface area contributed by atoms with Crippen LogP contribution in [0.5, 0.6) is 5.75 Å². The quantitative estimate of drug-likeness (QED) is 0.130. The number of amides is 1. The van der Waals surface area contributed by atoms with Gasteiger partial charge < -0.3 is 20.7 Å². The largest absolute Gasteiger partial charge is 0.494 e. The van der Waals surface area contributed by atoms with Crippen molar-refractivity contribution in [1.29, 1.82) is 0 Å². The summed E-state index contributed by atoms with van der Waals surface area (Å²) in [5.74, 6) is -1.26. The van der Waals surface area contributed by atoms with Crippen molar-refractivity contribution in [1.82, 2.24) is 29.2 Å². The number of para-hydroxylation sites is 1. The van der Waals surface area contributed by atoms with Crippen molar-refractivity contribution in [3.8, 4) is 28.4 Å². The van der Waals surface area contributed by atoms with Crippen molar-refractivity contribution >= 4 is 34.6 Å². The van der Waals surface area contributed by atoms with Crippen LogP contribution in [0.4, 0.5) is 31.8 Å². The van der Waals surface area contributed by atoms with Gasteiger partial charge in [0, 0.05) is 61.6 Å². The molecule has 3 N–H and O–H groups in total. The fraction of sp³-hybridized carbons (Fsp3) is 0.268. The lowest BCUT2D eigenvalue weighted by atomic mass is 9.95. The van der Waals surface area contributed by atoms with Crippen LogP contribution >= 0.6 is 0 Å². The normalized spacial score (nSPS) is 16.0. The summed E-state index contributed by atoms with van der Waals surface area (Å²) in [5.41, 5.74) is 4.91. The third kappa shape index (κ3) is 6.71. The minimum Gasteiger partial charge on any atom is -0.494 e. The maximum Gasteiger partial charge on any atom is 0.255 e. The molecule has 10 nitrogen and oxygen atoms in total. The molecule has 0 aliphatic carbocycles.